The van der Waals surface area contributed by atoms with E-state index in [4.69, 9.17) is 5.11 Å². The summed E-state index contributed by atoms with van der Waals surface area (Å²) < 4.78 is 0. The largest absolute Gasteiger partial charge is 0.481 e. The molecular weight excluding hydrogens is 176 g/mol. The maximum Gasteiger partial charge on any atom is 0.306 e. The second kappa shape index (κ2) is 7.84. The van der Waals surface area contributed by atoms with Crippen LogP contribution < -0.4 is 0 Å². The topological polar surface area (TPSA) is 37.3 Å². The maximum atomic E-state index is 10.9. The Morgan fingerprint density at radius 1 is 1.21 bits per heavy atom. The number of carboxylic acids is 1. The summed E-state index contributed by atoms with van der Waals surface area (Å²) in [5.41, 5.74) is 0. The molecule has 1 N–H and O–H groups in total. The van der Waals surface area contributed by atoms with Crippen molar-refractivity contribution >= 4 is 5.97 Å². The molecule has 0 aliphatic rings. The van der Waals surface area contributed by atoms with E-state index in [-0.39, 0.29) is 5.92 Å². The lowest BCUT2D eigenvalue weighted by atomic mass is 9.87. The van der Waals surface area contributed by atoms with Gasteiger partial charge in [-0.25, -0.2) is 0 Å². The van der Waals surface area contributed by atoms with E-state index in [0.29, 0.717) is 5.92 Å². The van der Waals surface area contributed by atoms with Gasteiger partial charge in [-0.05, 0) is 18.8 Å². The van der Waals surface area contributed by atoms with Crippen LogP contribution >= 0.6 is 0 Å². The highest BCUT2D eigenvalue weighted by molar-refractivity contribution is 5.69. The molecule has 0 heterocycles. The lowest BCUT2D eigenvalue weighted by molar-refractivity contribution is -0.142. The monoisotopic (exact) mass is 200 g/mol. The molecule has 0 aromatic carbocycles. The summed E-state index contributed by atoms with van der Waals surface area (Å²) in [6, 6.07) is 0. The van der Waals surface area contributed by atoms with Crippen LogP contribution in [0.1, 0.15) is 59.3 Å². The van der Waals surface area contributed by atoms with E-state index in [9.17, 15) is 4.79 Å². The molecule has 84 valence electrons. The Morgan fingerprint density at radius 3 is 2.21 bits per heavy atom. The molecule has 0 radical (unpaired) electrons. The zero-order chi connectivity index (χ0) is 11.0. The Hall–Kier alpha value is -0.530. The summed E-state index contributed by atoms with van der Waals surface area (Å²) in [6.07, 6.45) is 6.37. The van der Waals surface area contributed by atoms with Gasteiger partial charge < -0.3 is 5.11 Å². The lowest BCUT2D eigenvalue weighted by Crippen LogP contribution is -2.17. The highest BCUT2D eigenvalue weighted by Gasteiger charge is 2.19. The molecule has 2 atom stereocenters. The molecule has 0 spiro atoms. The van der Waals surface area contributed by atoms with Gasteiger partial charge in [-0.1, -0.05) is 46.5 Å². The molecule has 0 amide bonds. The van der Waals surface area contributed by atoms with Crippen molar-refractivity contribution in [2.75, 3.05) is 0 Å². The molecule has 0 saturated heterocycles. The number of unbranched alkanes of at least 4 members (excludes halogenated alkanes) is 1. The van der Waals surface area contributed by atoms with Gasteiger partial charge in [0.1, 0.15) is 0 Å². The predicted molar refractivity (Wildman–Crippen MR) is 59.3 cm³/mol. The van der Waals surface area contributed by atoms with Gasteiger partial charge in [-0.2, -0.15) is 0 Å². The van der Waals surface area contributed by atoms with Crippen LogP contribution in [0, 0.1) is 11.8 Å². The molecule has 0 fully saturated rings. The smallest absolute Gasteiger partial charge is 0.306 e. The van der Waals surface area contributed by atoms with Crippen molar-refractivity contribution in [3.8, 4) is 0 Å². The zero-order valence-electron chi connectivity index (χ0n) is 9.75. The van der Waals surface area contributed by atoms with E-state index in [1.54, 1.807) is 0 Å². The van der Waals surface area contributed by atoms with E-state index in [1.807, 2.05) is 6.92 Å². The highest BCUT2D eigenvalue weighted by atomic mass is 16.4. The number of aliphatic carboxylic acids is 1. The van der Waals surface area contributed by atoms with Gasteiger partial charge in [-0.15, -0.1) is 0 Å². The Kier molecular flexibility index (Phi) is 7.54. The van der Waals surface area contributed by atoms with Crippen molar-refractivity contribution in [1.29, 1.82) is 0 Å². The van der Waals surface area contributed by atoms with Crippen molar-refractivity contribution in [3.05, 3.63) is 0 Å². The predicted octanol–water partition coefficient (Wildman–Crippen LogP) is 3.70. The minimum Gasteiger partial charge on any atom is -0.481 e. The van der Waals surface area contributed by atoms with Crippen LogP contribution in [-0.2, 0) is 4.79 Å². The van der Waals surface area contributed by atoms with Gasteiger partial charge in [0.25, 0.3) is 0 Å². The van der Waals surface area contributed by atoms with E-state index < -0.39 is 5.97 Å². The second-order valence-electron chi connectivity index (χ2n) is 4.10. The first-order chi connectivity index (χ1) is 6.65. The Bertz CT molecular complexity index is 154. The van der Waals surface area contributed by atoms with E-state index in [1.165, 1.54) is 19.3 Å². The molecule has 0 aromatic rings. The standard InChI is InChI=1S/C12H24O2/c1-4-7-8-10(5-2)9-11(6-3)12(13)14/h10-11H,4-9H2,1-3H3,(H,13,14). The van der Waals surface area contributed by atoms with Gasteiger partial charge in [0, 0.05) is 0 Å². The molecule has 0 rings (SSSR count). The Labute approximate surface area is 87.7 Å². The molecular formula is C12H24O2. The van der Waals surface area contributed by atoms with Crippen molar-refractivity contribution in [1.82, 2.24) is 0 Å². The number of carbonyl (C=O) groups is 1. The van der Waals surface area contributed by atoms with Crippen molar-refractivity contribution < 1.29 is 9.90 Å². The fraction of sp³-hybridized carbons (Fsp3) is 0.917. The van der Waals surface area contributed by atoms with E-state index in [0.717, 1.165) is 19.3 Å². The third-order valence-electron chi connectivity index (χ3n) is 3.00. The quantitative estimate of drug-likeness (QED) is 0.648. The fourth-order valence-electron chi connectivity index (χ4n) is 1.83. The third kappa shape index (κ3) is 5.25. The molecule has 2 nitrogen and oxygen atoms in total. The molecule has 2 heteroatoms. The molecule has 2 unspecified atom stereocenters. The normalized spacial score (nSPS) is 15.1. The number of hydrogen-bond donors (Lipinski definition) is 1. The summed E-state index contributed by atoms with van der Waals surface area (Å²) >= 11 is 0. The first-order valence-electron chi connectivity index (χ1n) is 5.88. The summed E-state index contributed by atoms with van der Waals surface area (Å²) in [4.78, 5) is 10.9. The minimum atomic E-state index is -0.623. The van der Waals surface area contributed by atoms with E-state index >= 15 is 0 Å². The van der Waals surface area contributed by atoms with Crippen LogP contribution in [0.15, 0.2) is 0 Å². The first kappa shape index (κ1) is 13.5. The summed E-state index contributed by atoms with van der Waals surface area (Å²) in [7, 11) is 0. The molecule has 0 aliphatic carbocycles. The van der Waals surface area contributed by atoms with Crippen LogP contribution in [-0.4, -0.2) is 11.1 Å². The Balaban J connectivity index is 3.94. The maximum absolute atomic E-state index is 10.9. The zero-order valence-corrected chi connectivity index (χ0v) is 9.75. The van der Waals surface area contributed by atoms with Crippen LogP contribution in [0.5, 0.6) is 0 Å². The average molecular weight is 200 g/mol. The van der Waals surface area contributed by atoms with Crippen molar-refractivity contribution in [2.45, 2.75) is 59.3 Å². The fourth-order valence-corrected chi connectivity index (χ4v) is 1.83. The molecule has 0 aliphatic heterocycles. The molecule has 0 saturated carbocycles. The summed E-state index contributed by atoms with van der Waals surface area (Å²) in [5, 5.41) is 8.94. The van der Waals surface area contributed by atoms with Gasteiger partial charge in [0.05, 0.1) is 5.92 Å². The SMILES string of the molecule is CCCCC(CC)CC(CC)C(=O)O. The van der Waals surface area contributed by atoms with Crippen molar-refractivity contribution in [2.24, 2.45) is 11.8 Å². The summed E-state index contributed by atoms with van der Waals surface area (Å²) in [6.45, 7) is 6.31. The first-order valence-corrected chi connectivity index (χ1v) is 5.88. The van der Waals surface area contributed by atoms with Gasteiger partial charge in [-0.3, -0.25) is 4.79 Å². The van der Waals surface area contributed by atoms with Gasteiger partial charge in [0.15, 0.2) is 0 Å². The molecule has 0 bridgehead atoms. The van der Waals surface area contributed by atoms with Crippen molar-refractivity contribution in [3.63, 3.8) is 0 Å². The number of rotatable bonds is 8. The lowest BCUT2D eigenvalue weighted by Gasteiger charge is -2.18. The van der Waals surface area contributed by atoms with Gasteiger partial charge in [0.2, 0.25) is 0 Å². The van der Waals surface area contributed by atoms with Crippen LogP contribution in [0.4, 0.5) is 0 Å². The van der Waals surface area contributed by atoms with Gasteiger partial charge >= 0.3 is 5.97 Å². The molecule has 0 aromatic heterocycles. The second-order valence-corrected chi connectivity index (χ2v) is 4.10. The highest BCUT2D eigenvalue weighted by Crippen LogP contribution is 2.23. The third-order valence-corrected chi connectivity index (χ3v) is 3.00. The average Bonchev–Trinajstić information content (AvgIpc) is 2.18. The van der Waals surface area contributed by atoms with E-state index in [2.05, 4.69) is 13.8 Å². The molecule has 14 heavy (non-hydrogen) atoms. The number of hydrogen-bond acceptors (Lipinski definition) is 1. The minimum absolute atomic E-state index is 0.128. The summed E-state index contributed by atoms with van der Waals surface area (Å²) in [5.74, 6) is -0.143. The van der Waals surface area contributed by atoms with Crippen LogP contribution in [0.2, 0.25) is 0 Å². The number of carboxylic acid groups (broad SMARTS) is 1. The Morgan fingerprint density at radius 2 is 1.86 bits per heavy atom. The van der Waals surface area contributed by atoms with Crippen LogP contribution in [0.3, 0.4) is 0 Å². The van der Waals surface area contributed by atoms with Crippen LogP contribution in [0.25, 0.3) is 0 Å².